The van der Waals surface area contributed by atoms with Gasteiger partial charge in [0, 0.05) is 35.6 Å². The van der Waals surface area contributed by atoms with Gasteiger partial charge in [-0.25, -0.2) is 38.0 Å². The molecule has 0 spiro atoms. The summed E-state index contributed by atoms with van der Waals surface area (Å²) in [6.45, 7) is 5.18. The van der Waals surface area contributed by atoms with Gasteiger partial charge in [-0.1, -0.05) is 133 Å². The molecule has 452 valence electrons. The van der Waals surface area contributed by atoms with Crippen molar-refractivity contribution in [3.63, 3.8) is 0 Å². The highest BCUT2D eigenvalue weighted by molar-refractivity contribution is 8.01. The zero-order valence-corrected chi connectivity index (χ0v) is 50.1. The number of likely N-dealkylation sites (N-methyl/N-ethyl adjacent to an activating group) is 1. The summed E-state index contributed by atoms with van der Waals surface area (Å²) in [5, 5.41) is 21.8. The molecule has 0 bridgehead atoms. The Bertz CT molecular complexity index is 3590. The Morgan fingerprint density at radius 1 is 0.816 bits per heavy atom. The number of hydrogen-bond donors (Lipinski definition) is 4. The van der Waals surface area contributed by atoms with Crippen LogP contribution in [0.2, 0.25) is 0 Å². The number of anilines is 1. The molecule has 4 N–H and O–H groups in total. The normalized spacial score (nSPS) is 18.1. The topological polar surface area (TPSA) is 289 Å². The number of aryl methyl sites for hydroxylation is 1. The number of methoxy groups -OCH3 is 1. The lowest BCUT2D eigenvalue weighted by Gasteiger charge is -2.47. The largest absolute Gasteiger partial charge is 0.469 e. The van der Waals surface area contributed by atoms with Crippen molar-refractivity contribution in [2.75, 3.05) is 51.0 Å². The molecule has 2 fully saturated rings. The summed E-state index contributed by atoms with van der Waals surface area (Å²) in [4.78, 5) is 128. The number of rotatable bonds is 20. The number of para-hydroxylation sites is 2. The highest BCUT2D eigenvalue weighted by Crippen LogP contribution is 2.48. The van der Waals surface area contributed by atoms with E-state index in [1.807, 2.05) is 60.7 Å². The van der Waals surface area contributed by atoms with Gasteiger partial charge >= 0.3 is 42.0 Å². The minimum atomic E-state index is -1.87. The molecule has 0 radical (unpaired) electrons. The number of β-lactam (4-membered cyclic amide) rings is 1. The monoisotopic (exact) mass is 1220 g/mol. The molecule has 4 heterocycles. The summed E-state index contributed by atoms with van der Waals surface area (Å²) < 4.78 is 23.1. The van der Waals surface area contributed by atoms with E-state index in [-0.39, 0.29) is 78.9 Å². The van der Waals surface area contributed by atoms with Crippen LogP contribution in [0, 0.1) is 0 Å². The number of imide groups is 1. The number of amides is 8. The maximum atomic E-state index is 15.2. The van der Waals surface area contributed by atoms with Crippen molar-refractivity contribution >= 4 is 88.7 Å². The van der Waals surface area contributed by atoms with E-state index in [2.05, 4.69) is 36.8 Å². The van der Waals surface area contributed by atoms with Crippen LogP contribution < -0.4 is 25.8 Å². The molecule has 2 saturated heterocycles. The molecule has 8 amide bonds. The SMILES string of the molecule is CC[N+]1(c2ccccc2C(NC(=O)OCCC(=O)OC)(c2ccccc2)c2ccccc2NC(=O)OC(C)(C)C)CCN(C(=O)NCC(=O)N[C@H]2S[C@H]3CC(=O)N3C(C(=O)OC(c3ccccc3)c3ccccc3)=C2CSc2nnnn2C)C(=O)C1=O. The van der Waals surface area contributed by atoms with Crippen molar-refractivity contribution in [1.82, 2.24) is 50.4 Å². The zero-order valence-electron chi connectivity index (χ0n) is 48.4. The van der Waals surface area contributed by atoms with Crippen molar-refractivity contribution in [2.45, 2.75) is 73.7 Å². The number of urea groups is 1. The van der Waals surface area contributed by atoms with Gasteiger partial charge in [0.1, 0.15) is 41.0 Å². The number of thioether (sulfide) groups is 2. The number of esters is 2. The maximum absolute atomic E-state index is 15.2. The van der Waals surface area contributed by atoms with E-state index in [1.165, 1.54) is 28.5 Å². The van der Waals surface area contributed by atoms with E-state index in [4.69, 9.17) is 18.9 Å². The fourth-order valence-corrected chi connectivity index (χ4v) is 13.0. The Labute approximate surface area is 509 Å². The molecule has 6 aromatic rings. The highest BCUT2D eigenvalue weighted by atomic mass is 32.2. The second-order valence-electron chi connectivity index (χ2n) is 21.2. The molecule has 9 rings (SSSR count). The Hall–Kier alpha value is -9.40. The van der Waals surface area contributed by atoms with Crippen LogP contribution in [0.25, 0.3) is 0 Å². The molecule has 0 saturated carbocycles. The minimum Gasteiger partial charge on any atom is -0.469 e. The predicted molar refractivity (Wildman–Crippen MR) is 320 cm³/mol. The van der Waals surface area contributed by atoms with Gasteiger partial charge in [0.25, 0.3) is 0 Å². The predicted octanol–water partition coefficient (Wildman–Crippen LogP) is 6.67. The lowest BCUT2D eigenvalue weighted by atomic mass is 9.75. The number of alkyl carbamates (subject to hydrolysis) is 1. The Morgan fingerprint density at radius 3 is 2.07 bits per heavy atom. The molecule has 4 atom stereocenters. The number of fused-ring (bicyclic) bond motifs is 1. The second kappa shape index (κ2) is 26.9. The number of ether oxygens (including phenoxy) is 4. The number of piperazine rings is 1. The standard InChI is InChI=1S/C61H63N11O13S2/c1-7-72(45-30-20-18-28-43(45)61(40-25-15-10-16-26-40,65-59(81)83-34-31-49(75)82-6)42-27-17-19-29-44(42)63-58(80)85-60(2,3)4)33-32-70(53(76)54(72)77)56(79)62-36-46(73)64-52-41(37-86-57-66-67-68-69(57)5)50(71-47(74)35-48(71)87-52)55(78)84-51(38-21-11-8-12-22-38)39-23-13-9-14-24-39/h8-30,48,51-52H,7,31-37H2,1-6H3,(H3-,62,63,64,65,73,79,80,81)/p+1/t48-,52-,61?,72?/m0/s1. The van der Waals surface area contributed by atoms with Gasteiger partial charge in [-0.3, -0.25) is 29.4 Å². The van der Waals surface area contributed by atoms with Gasteiger partial charge in [-0.05, 0) is 66.9 Å². The minimum absolute atomic E-state index is 0.00485. The number of hydrogen-bond acceptors (Lipinski definition) is 18. The lowest BCUT2D eigenvalue weighted by molar-refractivity contribution is -0.153. The first-order chi connectivity index (χ1) is 41.8. The summed E-state index contributed by atoms with van der Waals surface area (Å²) in [7, 11) is 2.83. The third-order valence-corrected chi connectivity index (χ3v) is 17.0. The van der Waals surface area contributed by atoms with Crippen molar-refractivity contribution in [3.05, 3.63) is 179 Å². The average molecular weight is 1220 g/mol. The number of carbonyl (C=O) groups is 9. The number of aromatic nitrogens is 4. The fraction of sp³-hybridized carbons (Fsp3) is 0.311. The highest BCUT2D eigenvalue weighted by Gasteiger charge is 2.55. The molecular weight excluding hydrogens is 1160 g/mol. The number of benzene rings is 5. The van der Waals surface area contributed by atoms with Crippen molar-refractivity contribution in [2.24, 2.45) is 7.05 Å². The summed E-state index contributed by atoms with van der Waals surface area (Å²) in [5.74, 6) is -4.74. The summed E-state index contributed by atoms with van der Waals surface area (Å²) in [6, 6.07) is 39.1. The van der Waals surface area contributed by atoms with E-state index in [0.29, 0.717) is 27.4 Å². The van der Waals surface area contributed by atoms with Gasteiger partial charge in [0.15, 0.2) is 6.10 Å². The molecule has 24 nitrogen and oxygen atoms in total. The van der Waals surface area contributed by atoms with Crippen LogP contribution in [-0.4, -0.2) is 146 Å². The number of quaternary nitrogens is 1. The third-order valence-electron chi connectivity index (χ3n) is 14.6. The number of carbonyl (C=O) groups excluding carboxylic acids is 9. The van der Waals surface area contributed by atoms with Gasteiger partial charge in [-0.15, -0.1) is 16.9 Å². The first-order valence-corrected chi connectivity index (χ1v) is 29.7. The van der Waals surface area contributed by atoms with Gasteiger partial charge in [0.2, 0.25) is 17.0 Å². The van der Waals surface area contributed by atoms with Crippen LogP contribution >= 0.6 is 23.5 Å². The third kappa shape index (κ3) is 13.5. The first-order valence-electron chi connectivity index (χ1n) is 27.7. The van der Waals surface area contributed by atoms with Crippen LogP contribution in [0.5, 0.6) is 0 Å². The van der Waals surface area contributed by atoms with E-state index in [9.17, 15) is 38.4 Å². The van der Waals surface area contributed by atoms with Crippen LogP contribution in [0.15, 0.2) is 156 Å². The smallest absolute Gasteiger partial charge is 0.412 e. The quantitative estimate of drug-likeness (QED) is 0.0118. The summed E-state index contributed by atoms with van der Waals surface area (Å²) in [6.07, 6.45) is -2.92. The van der Waals surface area contributed by atoms with Crippen LogP contribution in [0.1, 0.15) is 74.5 Å². The Kier molecular flexibility index (Phi) is 19.2. The molecule has 87 heavy (non-hydrogen) atoms. The van der Waals surface area contributed by atoms with Crippen molar-refractivity contribution in [1.29, 1.82) is 0 Å². The molecule has 3 aliphatic rings. The Morgan fingerprint density at radius 2 is 1.45 bits per heavy atom. The molecule has 0 aliphatic carbocycles. The van der Waals surface area contributed by atoms with Crippen LogP contribution in [0.3, 0.4) is 0 Å². The summed E-state index contributed by atoms with van der Waals surface area (Å²) in [5.41, 5.74) is 0.179. The molecule has 2 unspecified atom stereocenters. The van der Waals surface area contributed by atoms with Gasteiger partial charge < -0.3 is 34.9 Å². The van der Waals surface area contributed by atoms with E-state index in [0.717, 1.165) is 16.7 Å². The molecular formula is C61H64N11O13S2+. The number of tetrazole rings is 1. The summed E-state index contributed by atoms with van der Waals surface area (Å²) >= 11 is 2.37. The maximum Gasteiger partial charge on any atom is 0.412 e. The number of nitrogens with one attached hydrogen (secondary N) is 4. The fourth-order valence-electron chi connectivity index (χ4n) is 10.5. The van der Waals surface area contributed by atoms with E-state index < -0.39 is 86.9 Å². The van der Waals surface area contributed by atoms with Crippen molar-refractivity contribution in [3.8, 4) is 0 Å². The van der Waals surface area contributed by atoms with Gasteiger partial charge in [-0.2, -0.15) is 0 Å². The Balaban J connectivity index is 0.996. The van der Waals surface area contributed by atoms with E-state index >= 15 is 4.79 Å². The molecule has 3 aliphatic heterocycles. The molecule has 5 aromatic carbocycles. The zero-order chi connectivity index (χ0) is 62.0. The lowest BCUT2D eigenvalue weighted by Crippen LogP contribution is -2.69. The van der Waals surface area contributed by atoms with E-state index in [1.54, 1.807) is 114 Å². The second-order valence-corrected chi connectivity index (χ2v) is 23.4. The molecule has 1 aromatic heterocycles. The van der Waals surface area contributed by atoms with Gasteiger partial charge in [0.05, 0.1) is 50.6 Å². The molecule has 26 heteroatoms. The van der Waals surface area contributed by atoms with Crippen molar-refractivity contribution < 1.29 is 62.1 Å². The number of nitrogens with zero attached hydrogens (tertiary/aromatic N) is 7. The first kappa shape index (κ1) is 62.1. The van der Waals surface area contributed by atoms with Crippen LogP contribution in [0.4, 0.5) is 25.8 Å². The van der Waals surface area contributed by atoms with Crippen LogP contribution in [-0.2, 0) is 60.3 Å². The average Bonchev–Trinajstić information content (AvgIpc) is 0.967.